The van der Waals surface area contributed by atoms with E-state index in [1.165, 1.54) is 13.8 Å². The molecule has 0 N–H and O–H groups in total. The Morgan fingerprint density at radius 2 is 1.63 bits per heavy atom. The van der Waals surface area contributed by atoms with Gasteiger partial charge in [0.05, 0.1) is 11.8 Å². The van der Waals surface area contributed by atoms with E-state index in [2.05, 4.69) is 6.92 Å². The van der Waals surface area contributed by atoms with Crippen LogP contribution in [0.5, 0.6) is 0 Å². The van der Waals surface area contributed by atoms with E-state index in [0.717, 1.165) is 25.7 Å². The molecule has 2 aliphatic heterocycles. The van der Waals surface area contributed by atoms with Crippen LogP contribution in [0, 0.1) is 11.8 Å². The summed E-state index contributed by atoms with van der Waals surface area (Å²) in [5.41, 5.74) is -4.18. The van der Waals surface area contributed by atoms with E-state index in [4.69, 9.17) is 33.2 Å². The average molecular weight is 691 g/mol. The van der Waals surface area contributed by atoms with Crippen LogP contribution < -0.4 is 0 Å². The van der Waals surface area contributed by atoms with E-state index >= 15 is 0 Å². The van der Waals surface area contributed by atoms with Crippen molar-refractivity contribution in [1.29, 1.82) is 0 Å². The van der Waals surface area contributed by atoms with Gasteiger partial charge in [0.15, 0.2) is 24.1 Å². The number of rotatable bonds is 12. The van der Waals surface area contributed by atoms with Gasteiger partial charge in [0, 0.05) is 25.3 Å². The fraction of sp³-hybridized carbons (Fsp3) is 0.757. The molecule has 12 heteroatoms. The maximum absolute atomic E-state index is 14.0. The summed E-state index contributed by atoms with van der Waals surface area (Å²) in [5.74, 6) is -6.16. The molecule has 0 aromatic carbocycles. The molecule has 0 bridgehead atoms. The van der Waals surface area contributed by atoms with Crippen LogP contribution in [-0.4, -0.2) is 76.9 Å². The number of unbranched alkanes of at least 4 members (excludes halogenated alkanes) is 4. The molecule has 8 atom stereocenters. The zero-order valence-electron chi connectivity index (χ0n) is 30.9. The van der Waals surface area contributed by atoms with Crippen molar-refractivity contribution >= 4 is 29.8 Å². The van der Waals surface area contributed by atoms with Gasteiger partial charge in [0.1, 0.15) is 11.7 Å². The fourth-order valence-electron chi connectivity index (χ4n) is 7.93. The first kappa shape index (κ1) is 38.6. The van der Waals surface area contributed by atoms with Gasteiger partial charge in [-0.25, -0.2) is 9.59 Å². The molecular formula is C37H54O12. The molecule has 2 saturated heterocycles. The van der Waals surface area contributed by atoms with Crippen LogP contribution in [0.1, 0.15) is 121 Å². The predicted molar refractivity (Wildman–Crippen MR) is 176 cm³/mol. The summed E-state index contributed by atoms with van der Waals surface area (Å²) in [6.45, 7) is 18.2. The number of carbonyl (C=O) groups is 5. The smallest absolute Gasteiger partial charge is 0.343 e. The quantitative estimate of drug-likeness (QED) is 0.0827. The van der Waals surface area contributed by atoms with Gasteiger partial charge in [-0.3, -0.25) is 14.4 Å². The lowest BCUT2D eigenvalue weighted by molar-refractivity contribution is -0.383. The summed E-state index contributed by atoms with van der Waals surface area (Å²) >= 11 is 0. The summed E-state index contributed by atoms with van der Waals surface area (Å²) in [6, 6.07) is 0. The fourth-order valence-corrected chi connectivity index (χ4v) is 7.93. The summed E-state index contributed by atoms with van der Waals surface area (Å²) < 4.78 is 43.8. The maximum atomic E-state index is 14.0. The molecule has 0 aromatic rings. The van der Waals surface area contributed by atoms with Crippen LogP contribution in [0.15, 0.2) is 22.8 Å². The second-order valence-corrected chi connectivity index (χ2v) is 14.9. The van der Waals surface area contributed by atoms with Crippen LogP contribution in [0.2, 0.25) is 0 Å². The molecule has 4 aliphatic rings. The lowest BCUT2D eigenvalue weighted by Gasteiger charge is -2.54. The molecule has 0 aromatic heterocycles. The van der Waals surface area contributed by atoms with Gasteiger partial charge in [0.2, 0.25) is 11.2 Å². The molecule has 4 rings (SSSR count). The van der Waals surface area contributed by atoms with Gasteiger partial charge in [0.25, 0.3) is 0 Å². The molecule has 0 amide bonds. The van der Waals surface area contributed by atoms with Crippen molar-refractivity contribution in [2.45, 2.75) is 168 Å². The molecule has 0 spiro atoms. The first-order valence-corrected chi connectivity index (χ1v) is 17.5. The number of carbonyl (C=O) groups excluding carboxylic acids is 5. The van der Waals surface area contributed by atoms with E-state index in [1.54, 1.807) is 61.5 Å². The highest BCUT2D eigenvalue weighted by atomic mass is 16.8. The summed E-state index contributed by atoms with van der Waals surface area (Å²) in [7, 11) is 0. The summed E-state index contributed by atoms with van der Waals surface area (Å²) in [6.07, 6.45) is 1.39. The molecule has 2 aliphatic carbocycles. The summed E-state index contributed by atoms with van der Waals surface area (Å²) in [4.78, 5) is 67.3. The van der Waals surface area contributed by atoms with Gasteiger partial charge in [-0.2, -0.15) is 0 Å². The Bertz CT molecular complexity index is 1410. The minimum absolute atomic E-state index is 0.117. The number of fused-ring (bicyclic) bond motifs is 2. The van der Waals surface area contributed by atoms with E-state index in [9.17, 15) is 24.0 Å². The lowest BCUT2D eigenvalue weighted by atomic mass is 9.73. The van der Waals surface area contributed by atoms with Crippen molar-refractivity contribution in [2.75, 3.05) is 0 Å². The van der Waals surface area contributed by atoms with Gasteiger partial charge in [-0.15, -0.1) is 0 Å². The van der Waals surface area contributed by atoms with Crippen molar-refractivity contribution in [3.8, 4) is 0 Å². The molecule has 3 fully saturated rings. The Balaban J connectivity index is 1.96. The van der Waals surface area contributed by atoms with E-state index in [1.807, 2.05) is 0 Å². The van der Waals surface area contributed by atoms with E-state index in [0.29, 0.717) is 23.1 Å². The van der Waals surface area contributed by atoms with Crippen LogP contribution in [0.3, 0.4) is 0 Å². The first-order valence-electron chi connectivity index (χ1n) is 17.5. The van der Waals surface area contributed by atoms with Crippen LogP contribution >= 0.6 is 0 Å². The molecular weight excluding hydrogens is 636 g/mol. The molecule has 0 unspecified atom stereocenters. The molecule has 274 valence electrons. The molecule has 1 saturated carbocycles. The highest BCUT2D eigenvalue weighted by molar-refractivity contribution is 5.89. The number of esters is 5. The standard InChI is InChI=1S/C37H54O12/c1-12-14-15-16-17-18-25(39)43-29-27-26(22(6)28(29)44-32(41)21(5)13-2)30-37(48-31(40)20(3)4)24(19-35(27,10)46-23(7)38)47-34(8,9)49-36(37,11)33(42)45-30/h13,20,24,27-30H,12,14-19H2,1-11H3/b21-13-/t24-,27+,28-,29-,30-,35-,36+,37+/m0/s1. The predicted octanol–water partition coefficient (Wildman–Crippen LogP) is 5.58. The molecule has 49 heavy (non-hydrogen) atoms. The zero-order chi connectivity index (χ0) is 36.7. The Labute approximate surface area is 289 Å². The second kappa shape index (κ2) is 14.2. The van der Waals surface area contributed by atoms with Gasteiger partial charge in [-0.1, -0.05) is 52.5 Å². The number of hydrogen-bond acceptors (Lipinski definition) is 12. The van der Waals surface area contributed by atoms with Gasteiger partial charge >= 0.3 is 29.8 Å². The van der Waals surface area contributed by atoms with Crippen LogP contribution in [0.4, 0.5) is 0 Å². The third-order valence-electron chi connectivity index (χ3n) is 10.3. The number of ether oxygens (including phenoxy) is 7. The summed E-state index contributed by atoms with van der Waals surface area (Å²) in [5, 5.41) is 0. The maximum Gasteiger partial charge on any atom is 0.343 e. The monoisotopic (exact) mass is 690 g/mol. The Kier molecular flexibility index (Phi) is 11.1. The van der Waals surface area contributed by atoms with Crippen molar-refractivity contribution in [1.82, 2.24) is 0 Å². The van der Waals surface area contributed by atoms with Crippen molar-refractivity contribution in [3.63, 3.8) is 0 Å². The average Bonchev–Trinajstić information content (AvgIpc) is 3.34. The Morgan fingerprint density at radius 1 is 0.980 bits per heavy atom. The Hall–Kier alpha value is -3.25. The van der Waals surface area contributed by atoms with E-state index < -0.39 is 88.7 Å². The highest BCUT2D eigenvalue weighted by Crippen LogP contribution is 2.62. The van der Waals surface area contributed by atoms with Crippen molar-refractivity contribution < 1.29 is 57.1 Å². The zero-order valence-corrected chi connectivity index (χ0v) is 30.9. The van der Waals surface area contributed by atoms with Crippen molar-refractivity contribution in [3.05, 3.63) is 22.8 Å². The SMILES string of the molecule is C/C=C(/C)C(=O)O[C@H]1C(C)=C2[C@H]([C@@H]1OC(=O)CCCCCCC)[C@@](C)(OC(C)=O)C[C@@H]1OC(C)(C)O[C@]3(C)C(=O)O[C@@H]2[C@]13OC(=O)C(C)C. The van der Waals surface area contributed by atoms with Crippen LogP contribution in [0.25, 0.3) is 0 Å². The third-order valence-corrected chi connectivity index (χ3v) is 10.3. The topological polar surface area (TPSA) is 150 Å². The Morgan fingerprint density at radius 3 is 2.22 bits per heavy atom. The van der Waals surface area contributed by atoms with E-state index in [-0.39, 0.29) is 12.8 Å². The highest BCUT2D eigenvalue weighted by Gasteiger charge is 2.81. The number of allylic oxidation sites excluding steroid dienone is 1. The van der Waals surface area contributed by atoms with Gasteiger partial charge < -0.3 is 33.2 Å². The normalized spacial score (nSPS) is 34.8. The molecule has 0 radical (unpaired) electrons. The minimum atomic E-state index is -1.90. The number of hydrogen-bond donors (Lipinski definition) is 0. The largest absolute Gasteiger partial charge is 0.459 e. The molecule has 2 heterocycles. The molecule has 12 nitrogen and oxygen atoms in total. The minimum Gasteiger partial charge on any atom is -0.459 e. The van der Waals surface area contributed by atoms with Gasteiger partial charge in [-0.05, 0) is 66.0 Å². The first-order chi connectivity index (χ1) is 22.8. The third kappa shape index (κ3) is 6.92. The van der Waals surface area contributed by atoms with Crippen LogP contribution in [-0.2, 0) is 57.1 Å². The lowest BCUT2D eigenvalue weighted by Crippen LogP contribution is -2.73. The van der Waals surface area contributed by atoms with Crippen molar-refractivity contribution in [2.24, 2.45) is 11.8 Å². The second-order valence-electron chi connectivity index (χ2n) is 14.9.